The van der Waals surface area contributed by atoms with E-state index in [2.05, 4.69) is 32.9 Å². The van der Waals surface area contributed by atoms with Gasteiger partial charge in [0.1, 0.15) is 0 Å². The molecule has 0 spiro atoms. The summed E-state index contributed by atoms with van der Waals surface area (Å²) in [6, 6.07) is 0. The minimum atomic E-state index is -3.25. The van der Waals surface area contributed by atoms with Crippen molar-refractivity contribution in [3.05, 3.63) is 63.3 Å². The van der Waals surface area contributed by atoms with E-state index in [1.165, 1.54) is 0 Å². The molecule has 0 atom stereocenters. The van der Waals surface area contributed by atoms with Crippen molar-refractivity contribution in [2.75, 3.05) is 0 Å². The van der Waals surface area contributed by atoms with Crippen LogP contribution in [0.2, 0.25) is 0 Å². The van der Waals surface area contributed by atoms with E-state index in [-0.39, 0.29) is 6.42 Å². The molecule has 162 valence electrons. The van der Waals surface area contributed by atoms with Gasteiger partial charge in [-0.15, -0.1) is 0 Å². The summed E-state index contributed by atoms with van der Waals surface area (Å²) in [5.41, 5.74) is 0. The molecule has 0 unspecified atom stereocenters. The molecular weight excluding hydrogens is 400 g/mol. The highest BCUT2D eigenvalue weighted by atomic mass is 16.9. The molecule has 0 fully saturated rings. The zero-order valence-electron chi connectivity index (χ0n) is 16.4. The van der Waals surface area contributed by atoms with E-state index in [0.717, 1.165) is 0 Å². The van der Waals surface area contributed by atoms with Crippen LogP contribution in [0.3, 0.4) is 0 Å². The highest BCUT2D eigenvalue weighted by molar-refractivity contribution is 5.87. The van der Waals surface area contributed by atoms with Gasteiger partial charge < -0.3 is 23.7 Å². The summed E-state index contributed by atoms with van der Waals surface area (Å²) in [5, 5.41) is 0. The number of ether oxygens (including phenoxy) is 5. The Morgan fingerprint density at radius 2 is 0.867 bits per heavy atom. The van der Waals surface area contributed by atoms with Crippen molar-refractivity contribution < 1.29 is 47.7 Å². The summed E-state index contributed by atoms with van der Waals surface area (Å²) in [7, 11) is 0. The van der Waals surface area contributed by atoms with Gasteiger partial charge in [-0.3, -0.25) is 0 Å². The maximum absolute atomic E-state index is 12.0. The molecule has 0 aromatic carbocycles. The average molecular weight is 422 g/mol. The highest BCUT2D eigenvalue weighted by Crippen LogP contribution is 2.39. The third-order valence-electron chi connectivity index (χ3n) is 3.11. The maximum Gasteiger partial charge on any atom is 0.507 e. The van der Waals surface area contributed by atoms with E-state index in [4.69, 9.17) is 23.7 Å². The second kappa shape index (κ2) is 11.8. The molecule has 30 heavy (non-hydrogen) atoms. The largest absolute Gasteiger partial charge is 0.507 e. The Kier molecular flexibility index (Phi) is 10.2. The van der Waals surface area contributed by atoms with Gasteiger partial charge in [0.05, 0.1) is 0 Å². The van der Waals surface area contributed by atoms with Gasteiger partial charge in [0.25, 0.3) is 0 Å². The molecule has 10 nitrogen and oxygen atoms in total. The molecule has 0 aliphatic rings. The summed E-state index contributed by atoms with van der Waals surface area (Å²) >= 11 is 0. The van der Waals surface area contributed by atoms with Crippen LogP contribution in [0.5, 0.6) is 0 Å². The van der Waals surface area contributed by atoms with E-state index < -0.39 is 48.0 Å². The Bertz CT molecular complexity index is 684. The van der Waals surface area contributed by atoms with Gasteiger partial charge in [0.2, 0.25) is 0 Å². The molecule has 0 saturated heterocycles. The van der Waals surface area contributed by atoms with Crippen molar-refractivity contribution in [1.82, 2.24) is 0 Å². The lowest BCUT2D eigenvalue weighted by molar-refractivity contribution is -0.439. The summed E-state index contributed by atoms with van der Waals surface area (Å²) in [4.78, 5) is 60.2. The lowest BCUT2D eigenvalue weighted by Gasteiger charge is -2.42. The molecule has 0 aromatic rings. The van der Waals surface area contributed by atoms with Gasteiger partial charge in [-0.25, -0.2) is 24.0 Å². The smallest absolute Gasteiger partial charge is 0.408 e. The van der Waals surface area contributed by atoms with Crippen molar-refractivity contribution >= 4 is 29.8 Å². The predicted octanol–water partition coefficient (Wildman–Crippen LogP) is 1.78. The second-order valence-corrected chi connectivity index (χ2v) is 5.19. The monoisotopic (exact) mass is 422 g/mol. The van der Waals surface area contributed by atoms with Crippen LogP contribution in [0.15, 0.2) is 63.3 Å². The number of hydrogen-bond donors (Lipinski definition) is 0. The van der Waals surface area contributed by atoms with E-state index in [1.807, 2.05) is 0 Å². The molecule has 0 rings (SSSR count). The Hall–Kier alpha value is -3.95. The molecule has 0 radical (unpaired) electrons. The molecule has 0 aliphatic heterocycles. The zero-order chi connectivity index (χ0) is 23.4. The number of rotatable bonds is 13. The minimum Gasteiger partial charge on any atom is -0.408 e. The fourth-order valence-corrected chi connectivity index (χ4v) is 1.96. The van der Waals surface area contributed by atoms with E-state index in [0.29, 0.717) is 30.4 Å². The molecular formula is C20H22O10. The summed E-state index contributed by atoms with van der Waals surface area (Å²) < 4.78 is 25.2. The lowest BCUT2D eigenvalue weighted by Crippen LogP contribution is -2.65. The molecule has 0 aliphatic carbocycles. The van der Waals surface area contributed by atoms with Crippen LogP contribution in [0.4, 0.5) is 0 Å². The summed E-state index contributed by atoms with van der Waals surface area (Å²) in [5.74, 6) is -12.4. The molecule has 0 N–H and O–H groups in total. The van der Waals surface area contributed by atoms with Crippen LogP contribution >= 0.6 is 0 Å². The molecule has 0 heterocycles. The third kappa shape index (κ3) is 6.59. The van der Waals surface area contributed by atoms with E-state index in [1.54, 1.807) is 6.92 Å². The fourth-order valence-electron chi connectivity index (χ4n) is 1.96. The maximum atomic E-state index is 12.0. The standard InChI is InChI=1S/C20H22O10/c1-7-13-19(26-14(21)8-2,27-15(22)9-3)20(28-16(23)10-4,29-17(24)11-5)30-18(25)12-6/h8-12H,2-7,13H2,1H3. The Balaban J connectivity index is 7.15. The van der Waals surface area contributed by atoms with Crippen molar-refractivity contribution in [3.63, 3.8) is 0 Å². The molecule has 0 saturated carbocycles. The first-order valence-corrected chi connectivity index (χ1v) is 8.36. The van der Waals surface area contributed by atoms with Gasteiger partial charge in [-0.05, 0) is 6.42 Å². The minimum absolute atomic E-state index is 0.0690. The Morgan fingerprint density at radius 3 is 1.10 bits per heavy atom. The normalized spacial score (nSPS) is 10.4. The third-order valence-corrected chi connectivity index (χ3v) is 3.11. The van der Waals surface area contributed by atoms with Crippen molar-refractivity contribution in [3.8, 4) is 0 Å². The van der Waals surface area contributed by atoms with Gasteiger partial charge in [-0.2, -0.15) is 0 Å². The number of hydrogen-bond acceptors (Lipinski definition) is 10. The molecule has 0 aromatic heterocycles. The first-order chi connectivity index (χ1) is 14.1. The van der Waals surface area contributed by atoms with Crippen LogP contribution in [0.25, 0.3) is 0 Å². The lowest BCUT2D eigenvalue weighted by atomic mass is 10.1. The average Bonchev–Trinajstić information content (AvgIpc) is 2.72. The van der Waals surface area contributed by atoms with E-state index in [9.17, 15) is 24.0 Å². The summed E-state index contributed by atoms with van der Waals surface area (Å²) in [6.07, 6.45) is 2.82. The number of esters is 5. The van der Waals surface area contributed by atoms with Gasteiger partial charge in [0.15, 0.2) is 0 Å². The van der Waals surface area contributed by atoms with Crippen LogP contribution in [-0.4, -0.2) is 41.6 Å². The van der Waals surface area contributed by atoms with Crippen LogP contribution in [0, 0.1) is 0 Å². The molecule has 0 amide bonds. The van der Waals surface area contributed by atoms with Crippen molar-refractivity contribution in [2.24, 2.45) is 0 Å². The Morgan fingerprint density at radius 1 is 0.600 bits per heavy atom. The van der Waals surface area contributed by atoms with Gasteiger partial charge in [0, 0.05) is 36.8 Å². The molecule has 0 bridgehead atoms. The fraction of sp³-hybridized carbons (Fsp3) is 0.250. The number of carbonyl (C=O) groups is 5. The number of carbonyl (C=O) groups excluding carboxylic acids is 5. The molecule has 10 heteroatoms. The van der Waals surface area contributed by atoms with Gasteiger partial charge in [-0.1, -0.05) is 39.8 Å². The van der Waals surface area contributed by atoms with Crippen molar-refractivity contribution in [1.29, 1.82) is 0 Å². The Labute approximate surface area is 173 Å². The first kappa shape index (κ1) is 26.1. The van der Waals surface area contributed by atoms with Gasteiger partial charge >= 0.3 is 41.6 Å². The highest BCUT2D eigenvalue weighted by Gasteiger charge is 2.68. The topological polar surface area (TPSA) is 132 Å². The second-order valence-electron chi connectivity index (χ2n) is 5.19. The predicted molar refractivity (Wildman–Crippen MR) is 102 cm³/mol. The first-order valence-electron chi connectivity index (χ1n) is 8.36. The quantitative estimate of drug-likeness (QED) is 0.246. The van der Waals surface area contributed by atoms with Crippen molar-refractivity contribution in [2.45, 2.75) is 31.5 Å². The van der Waals surface area contributed by atoms with E-state index >= 15 is 0 Å². The van der Waals surface area contributed by atoms with Crippen LogP contribution in [0.1, 0.15) is 19.8 Å². The van der Waals surface area contributed by atoms with Crippen LogP contribution < -0.4 is 0 Å². The van der Waals surface area contributed by atoms with Crippen LogP contribution in [-0.2, 0) is 47.7 Å². The zero-order valence-corrected chi connectivity index (χ0v) is 16.4. The SMILES string of the molecule is C=CC(=O)OC(CCC)(OC(=O)C=C)C(OC(=O)C=C)(OC(=O)C=C)OC(=O)C=C. The summed E-state index contributed by atoms with van der Waals surface area (Å²) in [6.45, 7) is 17.5.